The summed E-state index contributed by atoms with van der Waals surface area (Å²) in [5, 5.41) is 7.22. The van der Waals surface area contributed by atoms with Gasteiger partial charge in [0.15, 0.2) is 17.3 Å². The van der Waals surface area contributed by atoms with Crippen molar-refractivity contribution in [2.75, 3.05) is 12.0 Å². The van der Waals surface area contributed by atoms with Crippen molar-refractivity contribution in [3.8, 4) is 22.9 Å². The molecule has 0 bridgehead atoms. The average Bonchev–Trinajstić information content (AvgIpc) is 3.19. The van der Waals surface area contributed by atoms with E-state index < -0.39 is 0 Å². The van der Waals surface area contributed by atoms with E-state index in [9.17, 15) is 0 Å². The number of nitrogens with one attached hydrogen (secondary N) is 2. The van der Waals surface area contributed by atoms with Gasteiger partial charge in [-0.25, -0.2) is 9.77 Å². The first-order valence-corrected chi connectivity index (χ1v) is 11.9. The van der Waals surface area contributed by atoms with Gasteiger partial charge in [-0.15, -0.1) is 0 Å². The smallest absolute Gasteiger partial charge is 0.214 e. The van der Waals surface area contributed by atoms with Gasteiger partial charge in [-0.3, -0.25) is 0 Å². The molecule has 33 heavy (non-hydrogen) atoms. The zero-order valence-corrected chi connectivity index (χ0v) is 20.9. The number of aromatic nitrogens is 3. The topological polar surface area (TPSA) is 64.1 Å². The van der Waals surface area contributed by atoms with Crippen LogP contribution < -0.4 is 14.9 Å². The Labute approximate surface area is 206 Å². The van der Waals surface area contributed by atoms with Crippen molar-refractivity contribution in [1.29, 1.82) is 0 Å². The molecule has 0 unspecified atom stereocenters. The van der Waals surface area contributed by atoms with Crippen LogP contribution in [0.2, 0.25) is 0 Å². The van der Waals surface area contributed by atoms with Crippen molar-refractivity contribution in [2.24, 2.45) is 0 Å². The summed E-state index contributed by atoms with van der Waals surface area (Å²) in [5.41, 5.74) is 7.66. The summed E-state index contributed by atoms with van der Waals surface area (Å²) in [6.07, 6.45) is 0. The van der Waals surface area contributed by atoms with Crippen molar-refractivity contribution < 1.29 is 9.47 Å². The number of aromatic amines is 1. The van der Waals surface area contributed by atoms with Crippen LogP contribution in [-0.4, -0.2) is 21.5 Å². The van der Waals surface area contributed by atoms with E-state index >= 15 is 0 Å². The van der Waals surface area contributed by atoms with Crippen molar-refractivity contribution in [3.05, 3.63) is 92.7 Å². The SMILES string of the molecule is CCOc1cc(CNn2c(-c3ccccc3)n[nH]c2=S)cc(Br)c1OCc1ccc(C)cc1. The largest absolute Gasteiger partial charge is 0.490 e. The van der Waals surface area contributed by atoms with Gasteiger partial charge in [-0.05, 0) is 65.3 Å². The highest BCUT2D eigenvalue weighted by Crippen LogP contribution is 2.37. The van der Waals surface area contributed by atoms with Crippen LogP contribution in [0.1, 0.15) is 23.6 Å². The first kappa shape index (κ1) is 23.1. The van der Waals surface area contributed by atoms with Gasteiger partial charge in [0.1, 0.15) is 6.61 Å². The predicted octanol–water partition coefficient (Wildman–Crippen LogP) is 6.40. The first-order chi connectivity index (χ1) is 16.0. The summed E-state index contributed by atoms with van der Waals surface area (Å²) < 4.78 is 15.1. The minimum atomic E-state index is 0.459. The highest BCUT2D eigenvalue weighted by Gasteiger charge is 2.14. The summed E-state index contributed by atoms with van der Waals surface area (Å²) in [6.45, 7) is 5.54. The van der Waals surface area contributed by atoms with E-state index in [0.717, 1.165) is 27.0 Å². The second-order valence-corrected chi connectivity index (χ2v) is 8.74. The molecule has 2 N–H and O–H groups in total. The number of nitrogens with zero attached hydrogens (tertiary/aromatic N) is 2. The molecule has 3 aromatic carbocycles. The number of benzene rings is 3. The van der Waals surface area contributed by atoms with Crippen LogP contribution in [0.3, 0.4) is 0 Å². The molecule has 0 spiro atoms. The second-order valence-electron chi connectivity index (χ2n) is 7.50. The Bertz CT molecular complexity index is 1270. The van der Waals surface area contributed by atoms with Crippen LogP contribution in [-0.2, 0) is 13.2 Å². The third kappa shape index (κ3) is 5.64. The van der Waals surface area contributed by atoms with E-state index in [1.165, 1.54) is 5.56 Å². The fourth-order valence-electron chi connectivity index (χ4n) is 3.36. The number of aryl methyl sites for hydroxylation is 1. The van der Waals surface area contributed by atoms with Crippen LogP contribution in [0.4, 0.5) is 0 Å². The fraction of sp³-hybridized carbons (Fsp3) is 0.200. The number of H-pyrrole nitrogens is 1. The molecule has 0 atom stereocenters. The van der Waals surface area contributed by atoms with E-state index in [-0.39, 0.29) is 0 Å². The second kappa shape index (κ2) is 10.7. The maximum atomic E-state index is 6.12. The molecule has 6 nitrogen and oxygen atoms in total. The Hall–Kier alpha value is -3.10. The highest BCUT2D eigenvalue weighted by atomic mass is 79.9. The predicted molar refractivity (Wildman–Crippen MR) is 137 cm³/mol. The van der Waals surface area contributed by atoms with Crippen molar-refractivity contribution in [3.63, 3.8) is 0 Å². The summed E-state index contributed by atoms with van der Waals surface area (Å²) in [4.78, 5) is 0. The highest BCUT2D eigenvalue weighted by molar-refractivity contribution is 9.10. The lowest BCUT2D eigenvalue weighted by Gasteiger charge is -2.16. The molecule has 0 fully saturated rings. The number of ether oxygens (including phenoxy) is 2. The number of halogens is 1. The quantitative estimate of drug-likeness (QED) is 0.248. The van der Waals surface area contributed by atoms with Gasteiger partial charge in [0.25, 0.3) is 0 Å². The third-order valence-electron chi connectivity index (χ3n) is 5.02. The average molecular weight is 525 g/mol. The van der Waals surface area contributed by atoms with Gasteiger partial charge in [0.05, 0.1) is 17.6 Å². The molecule has 0 aliphatic carbocycles. The molecule has 0 amide bonds. The van der Waals surface area contributed by atoms with E-state index in [2.05, 4.69) is 62.7 Å². The third-order valence-corrected chi connectivity index (χ3v) is 5.88. The van der Waals surface area contributed by atoms with Gasteiger partial charge in [0.2, 0.25) is 4.77 Å². The molecule has 0 aliphatic rings. The normalized spacial score (nSPS) is 10.8. The van der Waals surface area contributed by atoms with Crippen molar-refractivity contribution in [1.82, 2.24) is 14.9 Å². The first-order valence-electron chi connectivity index (χ1n) is 10.7. The monoisotopic (exact) mass is 524 g/mol. The molecular formula is C25H25BrN4O2S. The summed E-state index contributed by atoms with van der Waals surface area (Å²) in [6, 6.07) is 22.2. The van der Waals surface area contributed by atoms with Crippen LogP contribution in [0.25, 0.3) is 11.4 Å². The maximum Gasteiger partial charge on any atom is 0.214 e. The van der Waals surface area contributed by atoms with E-state index in [0.29, 0.717) is 36.0 Å². The van der Waals surface area contributed by atoms with Gasteiger partial charge in [-0.1, -0.05) is 60.2 Å². The van der Waals surface area contributed by atoms with Crippen LogP contribution >= 0.6 is 28.1 Å². The zero-order valence-electron chi connectivity index (χ0n) is 18.5. The van der Waals surface area contributed by atoms with Crippen molar-refractivity contribution >= 4 is 28.1 Å². The van der Waals surface area contributed by atoms with Gasteiger partial charge in [0, 0.05) is 5.56 Å². The molecular weight excluding hydrogens is 500 g/mol. The number of hydrogen-bond acceptors (Lipinski definition) is 5. The molecule has 1 aromatic heterocycles. The lowest BCUT2D eigenvalue weighted by molar-refractivity contribution is 0.267. The summed E-state index contributed by atoms with van der Waals surface area (Å²) >= 11 is 9.08. The minimum absolute atomic E-state index is 0.459. The Morgan fingerprint density at radius 1 is 1.03 bits per heavy atom. The van der Waals surface area contributed by atoms with Crippen molar-refractivity contribution in [2.45, 2.75) is 27.0 Å². The number of hydrogen-bond donors (Lipinski definition) is 2. The molecule has 1 heterocycles. The van der Waals surface area contributed by atoms with E-state index in [1.54, 1.807) is 4.68 Å². The summed E-state index contributed by atoms with van der Waals surface area (Å²) in [5.74, 6) is 2.10. The molecule has 0 saturated heterocycles. The zero-order chi connectivity index (χ0) is 23.2. The number of rotatable bonds is 9. The molecule has 0 saturated carbocycles. The maximum absolute atomic E-state index is 6.12. The molecule has 8 heteroatoms. The van der Waals surface area contributed by atoms with Gasteiger partial charge in [-0.2, -0.15) is 5.10 Å². The fourth-order valence-corrected chi connectivity index (χ4v) is 4.16. The lowest BCUT2D eigenvalue weighted by Crippen LogP contribution is -2.16. The molecule has 0 aliphatic heterocycles. The van der Waals surface area contributed by atoms with Crippen LogP contribution in [0.15, 0.2) is 71.2 Å². The Balaban J connectivity index is 1.53. The molecule has 170 valence electrons. The lowest BCUT2D eigenvalue weighted by atomic mass is 10.1. The van der Waals surface area contributed by atoms with Gasteiger partial charge < -0.3 is 14.9 Å². The van der Waals surface area contributed by atoms with Crippen LogP contribution in [0.5, 0.6) is 11.5 Å². The Morgan fingerprint density at radius 3 is 2.52 bits per heavy atom. The summed E-state index contributed by atoms with van der Waals surface area (Å²) in [7, 11) is 0. The molecule has 4 rings (SSSR count). The van der Waals surface area contributed by atoms with Crippen LogP contribution in [0, 0.1) is 11.7 Å². The standard InChI is InChI=1S/C25H25BrN4O2S/c1-3-31-22-14-19(13-21(26)23(22)32-16-18-11-9-17(2)10-12-18)15-27-30-24(28-29-25(30)33)20-7-5-4-6-8-20/h4-14,27H,3,15-16H2,1-2H3,(H,29,33). The minimum Gasteiger partial charge on any atom is -0.490 e. The molecule has 4 aromatic rings. The Kier molecular flexibility index (Phi) is 7.47. The molecule has 0 radical (unpaired) electrons. The Morgan fingerprint density at radius 2 is 1.79 bits per heavy atom. The van der Waals surface area contributed by atoms with E-state index in [4.69, 9.17) is 21.7 Å². The van der Waals surface area contributed by atoms with E-state index in [1.807, 2.05) is 49.4 Å². The van der Waals surface area contributed by atoms with Gasteiger partial charge >= 0.3 is 0 Å².